The highest BCUT2D eigenvalue weighted by molar-refractivity contribution is 8.32. The lowest BCUT2D eigenvalue weighted by molar-refractivity contribution is -0.121. The van der Waals surface area contributed by atoms with Gasteiger partial charge in [0.1, 0.15) is 5.75 Å². The Morgan fingerprint density at radius 3 is 1.85 bits per heavy atom. The monoisotopic (exact) mass is 409 g/mol. The minimum atomic E-state index is -3.43. The van der Waals surface area contributed by atoms with Crippen molar-refractivity contribution < 1.29 is 16.8 Å². The average Bonchev–Trinajstić information content (AvgIpc) is 2.63. The van der Waals surface area contributed by atoms with E-state index in [1.54, 1.807) is 0 Å². The summed E-state index contributed by atoms with van der Waals surface area (Å²) in [5.41, 5.74) is 0. The van der Waals surface area contributed by atoms with Gasteiger partial charge in [-0.25, -0.2) is 0 Å². The van der Waals surface area contributed by atoms with Crippen LogP contribution < -0.4 is 0 Å². The Morgan fingerprint density at radius 1 is 0.846 bits per heavy atom. The van der Waals surface area contributed by atoms with Crippen LogP contribution in [0.2, 0.25) is 0 Å². The Hall–Kier alpha value is -0.0700. The second-order valence-electron chi connectivity index (χ2n) is 7.77. The highest BCUT2D eigenvalue weighted by Gasteiger charge is 2.39. The zero-order valence-corrected chi connectivity index (χ0v) is 18.8. The third kappa shape index (κ3) is 8.75. The van der Waals surface area contributed by atoms with E-state index >= 15 is 0 Å². The van der Waals surface area contributed by atoms with E-state index in [0.29, 0.717) is 18.0 Å². The van der Waals surface area contributed by atoms with Crippen LogP contribution in [0.25, 0.3) is 0 Å². The molecule has 1 N–H and O–H groups in total. The number of carbonyl (C=O) groups is 1. The minimum absolute atomic E-state index is 0.133. The van der Waals surface area contributed by atoms with Crippen molar-refractivity contribution in [2.24, 2.45) is 5.92 Å². The summed E-state index contributed by atoms with van der Waals surface area (Å²) in [6.45, 7) is 6.24. The minimum Gasteiger partial charge on any atom is -0.298 e. The van der Waals surface area contributed by atoms with E-state index in [-0.39, 0.29) is 11.7 Å². The van der Waals surface area contributed by atoms with Gasteiger partial charge in [-0.15, -0.1) is 0 Å². The molecule has 1 rings (SSSR count). The second-order valence-corrected chi connectivity index (χ2v) is 13.0. The predicted octanol–water partition coefficient (Wildman–Crippen LogP) is 5.68. The van der Waals surface area contributed by atoms with Crippen LogP contribution in [-0.4, -0.2) is 40.8 Å². The lowest BCUT2D eigenvalue weighted by Crippen LogP contribution is -2.32. The van der Waals surface area contributed by atoms with Gasteiger partial charge in [0.05, 0.1) is 5.75 Å². The van der Waals surface area contributed by atoms with Crippen molar-refractivity contribution in [3.05, 3.63) is 0 Å². The van der Waals surface area contributed by atoms with Gasteiger partial charge in [0.15, 0.2) is 5.78 Å². The van der Waals surface area contributed by atoms with E-state index < -0.39 is 20.4 Å². The molecule has 0 aromatic carbocycles. The zero-order chi connectivity index (χ0) is 19.5. The largest absolute Gasteiger partial charge is 0.390 e. The molecular formula is C20H41O4S2+. The van der Waals surface area contributed by atoms with Crippen LogP contribution in [0.4, 0.5) is 0 Å². The van der Waals surface area contributed by atoms with E-state index in [1.165, 1.54) is 6.42 Å². The van der Waals surface area contributed by atoms with Crippen LogP contribution in [0.5, 0.6) is 0 Å². The van der Waals surface area contributed by atoms with Crippen molar-refractivity contribution in [3.8, 4) is 0 Å². The Morgan fingerprint density at radius 2 is 1.35 bits per heavy atom. The molecule has 1 aliphatic rings. The number of hydrogen-bond acceptors (Lipinski definition) is 3. The summed E-state index contributed by atoms with van der Waals surface area (Å²) in [6.07, 6.45) is 10.9. The van der Waals surface area contributed by atoms with Gasteiger partial charge >= 0.3 is 10.1 Å². The maximum atomic E-state index is 13.0. The number of rotatable bonds is 14. The number of ketones is 1. The van der Waals surface area contributed by atoms with E-state index in [0.717, 1.165) is 69.3 Å². The van der Waals surface area contributed by atoms with E-state index in [2.05, 4.69) is 17.5 Å². The van der Waals surface area contributed by atoms with E-state index in [4.69, 9.17) is 0 Å². The molecule has 0 amide bonds. The summed E-state index contributed by atoms with van der Waals surface area (Å²) in [5.74, 6) is 2.58. The first-order valence-electron chi connectivity index (χ1n) is 10.6. The molecule has 0 radical (unpaired) electrons. The predicted molar refractivity (Wildman–Crippen MR) is 115 cm³/mol. The van der Waals surface area contributed by atoms with Crippen LogP contribution in [-0.2, 0) is 14.9 Å². The fourth-order valence-electron chi connectivity index (χ4n) is 3.59. The van der Waals surface area contributed by atoms with E-state index in [1.807, 2.05) is 6.92 Å². The molecule has 0 heterocycles. The Balaban J connectivity index is 2.96. The first kappa shape index (κ1) is 24.0. The third-order valence-electron chi connectivity index (χ3n) is 5.25. The second kappa shape index (κ2) is 12.4. The van der Waals surface area contributed by atoms with Gasteiger partial charge in [0.25, 0.3) is 0 Å². The van der Waals surface area contributed by atoms with Gasteiger partial charge in [-0.2, -0.15) is 8.42 Å². The Labute approximate surface area is 163 Å². The quantitative estimate of drug-likeness (QED) is 0.274. The number of Topliss-reactive ketones (excluding diaryl/α,β-unsaturated/α-hetero) is 1. The molecule has 0 bridgehead atoms. The normalized spacial score (nSPS) is 17.3. The van der Waals surface area contributed by atoms with Gasteiger partial charge in [0, 0.05) is 17.4 Å². The molecule has 1 saturated carbocycles. The molecule has 0 unspecified atom stereocenters. The Bertz CT molecular complexity index is 488. The standard InChI is InChI=1S/C20H40O4S2/c1-4-7-15-25(16-8-5-2,24-26(22,23)17-9-6-3)18-20(21)19-13-11-10-12-14-19/h19H,4-18H2,1-3H3/p+1. The van der Waals surface area contributed by atoms with Gasteiger partial charge in [-0.1, -0.05) is 59.3 Å². The molecule has 0 atom stereocenters. The van der Waals surface area contributed by atoms with E-state index in [9.17, 15) is 13.2 Å². The lowest BCUT2D eigenvalue weighted by atomic mass is 9.87. The summed E-state index contributed by atoms with van der Waals surface area (Å²) < 4.78 is 29.8. The summed E-state index contributed by atoms with van der Waals surface area (Å²) in [4.78, 5) is 13.0. The highest BCUT2D eigenvalue weighted by atomic mass is 32.3. The van der Waals surface area contributed by atoms with Gasteiger partial charge in [-0.05, 0) is 42.4 Å². The molecule has 0 aromatic rings. The third-order valence-corrected chi connectivity index (χ3v) is 11.2. The highest BCUT2D eigenvalue weighted by Crippen LogP contribution is 2.51. The molecule has 4 nitrogen and oxygen atoms in total. The van der Waals surface area contributed by atoms with Gasteiger partial charge < -0.3 is 0 Å². The Kier molecular flexibility index (Phi) is 11.4. The maximum Gasteiger partial charge on any atom is 0.390 e. The van der Waals surface area contributed by atoms with Crippen molar-refractivity contribution in [2.45, 2.75) is 91.4 Å². The van der Waals surface area contributed by atoms with Crippen molar-refractivity contribution in [3.63, 3.8) is 0 Å². The summed E-state index contributed by atoms with van der Waals surface area (Å²) in [5, 5.41) is 0. The molecule has 26 heavy (non-hydrogen) atoms. The molecule has 1 aliphatic carbocycles. The molecule has 0 aromatic heterocycles. The zero-order valence-electron chi connectivity index (χ0n) is 17.2. The number of unbranched alkanes of at least 4 members (excludes halogenated alkanes) is 3. The smallest absolute Gasteiger partial charge is 0.298 e. The molecule has 156 valence electrons. The molecule has 6 heteroatoms. The SMILES string of the molecule is CCCCS(CCCC)(CC(=O)C1CCCCC1)[OH+]S(=O)(=O)CCCC. The van der Waals surface area contributed by atoms with Crippen molar-refractivity contribution >= 4 is 26.2 Å². The van der Waals surface area contributed by atoms with Crippen molar-refractivity contribution in [1.29, 1.82) is 0 Å². The van der Waals surface area contributed by atoms with Gasteiger partial charge in [0.2, 0.25) is 0 Å². The topological polar surface area (TPSA) is 64.0 Å². The van der Waals surface area contributed by atoms with Gasteiger partial charge in [-0.3, -0.25) is 8.42 Å². The summed E-state index contributed by atoms with van der Waals surface area (Å²) in [7, 11) is -5.20. The van der Waals surface area contributed by atoms with Crippen molar-refractivity contribution in [1.82, 2.24) is 0 Å². The summed E-state index contributed by atoms with van der Waals surface area (Å²) >= 11 is 0. The van der Waals surface area contributed by atoms with Crippen LogP contribution in [0.1, 0.15) is 91.4 Å². The van der Waals surface area contributed by atoms with Crippen molar-refractivity contribution in [2.75, 3.05) is 23.0 Å². The number of hydrogen-bond donors (Lipinski definition) is 0. The molecule has 0 aliphatic heterocycles. The van der Waals surface area contributed by atoms with Crippen LogP contribution in [0.15, 0.2) is 0 Å². The first-order valence-corrected chi connectivity index (χ1v) is 14.3. The molecule has 0 saturated heterocycles. The summed E-state index contributed by atoms with van der Waals surface area (Å²) in [6, 6.07) is 0. The molecule has 1 fully saturated rings. The molecular weight excluding hydrogens is 368 g/mol. The van der Waals surface area contributed by atoms with Crippen LogP contribution in [0.3, 0.4) is 0 Å². The fraction of sp³-hybridized carbons (Fsp3) is 0.950. The maximum absolute atomic E-state index is 13.0. The number of carbonyl (C=O) groups excluding carboxylic acids is 1. The lowest BCUT2D eigenvalue weighted by Gasteiger charge is -2.35. The first-order chi connectivity index (χ1) is 12.4. The molecule has 0 spiro atoms. The van der Waals surface area contributed by atoms with Crippen LogP contribution in [0, 0.1) is 5.92 Å². The average molecular weight is 410 g/mol. The van der Waals surface area contributed by atoms with Crippen LogP contribution >= 0.6 is 10.3 Å². The fourth-order valence-corrected chi connectivity index (χ4v) is 10.2.